The number of carbonyl (C=O) groups is 1. The van der Waals surface area contributed by atoms with Crippen molar-refractivity contribution in [2.75, 3.05) is 7.11 Å². The number of pyridine rings is 1. The average molecular weight is 339 g/mol. The highest BCUT2D eigenvalue weighted by Gasteiger charge is 2.21. The van der Waals surface area contributed by atoms with Gasteiger partial charge >= 0.3 is 5.97 Å². The molecule has 2 rings (SSSR count). The van der Waals surface area contributed by atoms with Gasteiger partial charge in [-0.3, -0.25) is 4.98 Å². The number of ether oxygens (including phenoxy) is 1. The van der Waals surface area contributed by atoms with Crippen LogP contribution in [0.25, 0.3) is 12.2 Å². The van der Waals surface area contributed by atoms with E-state index in [1.54, 1.807) is 36.5 Å². The highest BCUT2D eigenvalue weighted by molar-refractivity contribution is 5.97. The zero-order valence-corrected chi connectivity index (χ0v) is 14.5. The number of aromatic nitrogens is 1. The summed E-state index contributed by atoms with van der Waals surface area (Å²) in [6, 6.07) is 7.06. The Balaban J connectivity index is 2.56. The first-order chi connectivity index (χ1) is 11.9. The molecule has 0 fully saturated rings. The molecule has 5 nitrogen and oxygen atoms in total. The minimum atomic E-state index is -1.20. The molecule has 0 aliphatic rings. The number of nitrogens with zero attached hydrogens (tertiary/aromatic N) is 1. The maximum Gasteiger partial charge on any atom is 0.340 e. The van der Waals surface area contributed by atoms with Crippen LogP contribution in [-0.2, 0) is 6.42 Å². The minimum Gasteiger partial charge on any atom is -0.507 e. The van der Waals surface area contributed by atoms with Crippen molar-refractivity contribution in [3.05, 3.63) is 64.5 Å². The lowest BCUT2D eigenvalue weighted by Crippen LogP contribution is -2.04. The van der Waals surface area contributed by atoms with Gasteiger partial charge in [0.25, 0.3) is 0 Å². The molecule has 0 amide bonds. The van der Waals surface area contributed by atoms with Gasteiger partial charge in [0.1, 0.15) is 17.1 Å². The molecule has 2 N–H and O–H groups in total. The summed E-state index contributed by atoms with van der Waals surface area (Å²) in [4.78, 5) is 15.8. The van der Waals surface area contributed by atoms with E-state index in [0.717, 1.165) is 5.57 Å². The van der Waals surface area contributed by atoms with Crippen LogP contribution >= 0.6 is 0 Å². The number of phenols is 1. The maximum atomic E-state index is 11.7. The van der Waals surface area contributed by atoms with Crippen molar-refractivity contribution >= 4 is 18.1 Å². The van der Waals surface area contributed by atoms with Crippen molar-refractivity contribution in [1.82, 2.24) is 4.98 Å². The molecule has 0 aliphatic heterocycles. The summed E-state index contributed by atoms with van der Waals surface area (Å²) in [5.41, 5.74) is 2.41. The molecule has 130 valence electrons. The van der Waals surface area contributed by atoms with Gasteiger partial charge < -0.3 is 14.9 Å². The van der Waals surface area contributed by atoms with Crippen molar-refractivity contribution in [1.29, 1.82) is 0 Å². The molecule has 0 unspecified atom stereocenters. The normalized spacial score (nSPS) is 10.7. The van der Waals surface area contributed by atoms with Gasteiger partial charge in [-0.05, 0) is 50.1 Å². The molecule has 0 saturated heterocycles. The van der Waals surface area contributed by atoms with Gasteiger partial charge in [-0.25, -0.2) is 4.79 Å². The third-order valence-corrected chi connectivity index (χ3v) is 3.66. The van der Waals surface area contributed by atoms with Crippen molar-refractivity contribution in [3.63, 3.8) is 0 Å². The lowest BCUT2D eigenvalue weighted by molar-refractivity contribution is 0.0693. The van der Waals surface area contributed by atoms with E-state index in [4.69, 9.17) is 4.74 Å². The second-order valence-corrected chi connectivity index (χ2v) is 5.75. The molecule has 1 heterocycles. The number of methoxy groups -OCH3 is 1. The summed E-state index contributed by atoms with van der Waals surface area (Å²) < 4.78 is 5.35. The molecule has 25 heavy (non-hydrogen) atoms. The summed E-state index contributed by atoms with van der Waals surface area (Å²) in [6.45, 7) is 3.87. The van der Waals surface area contributed by atoms with Crippen molar-refractivity contribution in [2.45, 2.75) is 20.3 Å². The van der Waals surface area contributed by atoms with Crippen LogP contribution in [0, 0.1) is 0 Å². The Morgan fingerprint density at radius 1 is 1.28 bits per heavy atom. The zero-order chi connectivity index (χ0) is 18.4. The number of carboxylic acids is 1. The molecule has 1 aromatic carbocycles. The Morgan fingerprint density at radius 2 is 2.04 bits per heavy atom. The molecule has 1 aromatic heterocycles. The third-order valence-electron chi connectivity index (χ3n) is 3.66. The fourth-order valence-electron chi connectivity index (χ4n) is 2.40. The van der Waals surface area contributed by atoms with Gasteiger partial charge in [0.15, 0.2) is 0 Å². The fraction of sp³-hybridized carbons (Fsp3) is 0.200. The second kappa shape index (κ2) is 8.15. The molecular formula is C20H21NO4. The number of hydrogen-bond acceptors (Lipinski definition) is 4. The Kier molecular flexibility index (Phi) is 5.95. The highest BCUT2D eigenvalue weighted by atomic mass is 16.5. The molecule has 0 aliphatic carbocycles. The highest BCUT2D eigenvalue weighted by Crippen LogP contribution is 2.36. The number of rotatable bonds is 6. The molecular weight excluding hydrogens is 318 g/mol. The SMILES string of the molecule is COc1cc(C=Cc2ccccn2)c(C(=O)O)c(O)c1CC=C(C)C. The van der Waals surface area contributed by atoms with Crippen LogP contribution in [0.15, 0.2) is 42.1 Å². The molecule has 0 saturated carbocycles. The molecule has 0 atom stereocenters. The Morgan fingerprint density at radius 3 is 2.60 bits per heavy atom. The van der Waals surface area contributed by atoms with Crippen LogP contribution in [-0.4, -0.2) is 28.3 Å². The van der Waals surface area contributed by atoms with Gasteiger partial charge in [-0.1, -0.05) is 23.8 Å². The van der Waals surface area contributed by atoms with E-state index in [2.05, 4.69) is 4.98 Å². The van der Waals surface area contributed by atoms with Gasteiger partial charge in [0.05, 0.1) is 12.8 Å². The van der Waals surface area contributed by atoms with Gasteiger partial charge in [0.2, 0.25) is 0 Å². The predicted octanol–water partition coefficient (Wildman–Crippen LogP) is 4.17. The first-order valence-corrected chi connectivity index (χ1v) is 7.82. The molecule has 0 bridgehead atoms. The minimum absolute atomic E-state index is 0.148. The number of hydrogen-bond donors (Lipinski definition) is 2. The largest absolute Gasteiger partial charge is 0.507 e. The van der Waals surface area contributed by atoms with Gasteiger partial charge in [-0.2, -0.15) is 0 Å². The summed E-state index contributed by atoms with van der Waals surface area (Å²) in [6.07, 6.45) is 7.25. The quantitative estimate of drug-likeness (QED) is 0.772. The van der Waals surface area contributed by atoms with E-state index in [-0.39, 0.29) is 11.3 Å². The van der Waals surface area contributed by atoms with Crippen LogP contribution in [0.4, 0.5) is 0 Å². The van der Waals surface area contributed by atoms with E-state index in [0.29, 0.717) is 29.0 Å². The first kappa shape index (κ1) is 18.3. The Hall–Kier alpha value is -3.08. The Labute approximate surface area is 146 Å². The molecule has 5 heteroatoms. The second-order valence-electron chi connectivity index (χ2n) is 5.75. The number of aromatic carboxylic acids is 1. The predicted molar refractivity (Wildman–Crippen MR) is 97.9 cm³/mol. The van der Waals surface area contributed by atoms with E-state index >= 15 is 0 Å². The van der Waals surface area contributed by atoms with Gasteiger partial charge in [-0.15, -0.1) is 0 Å². The lowest BCUT2D eigenvalue weighted by atomic mass is 9.97. The monoisotopic (exact) mass is 339 g/mol. The summed E-state index contributed by atoms with van der Waals surface area (Å²) >= 11 is 0. The zero-order valence-electron chi connectivity index (χ0n) is 14.5. The summed E-state index contributed by atoms with van der Waals surface area (Å²) in [5.74, 6) is -1.02. The lowest BCUT2D eigenvalue weighted by Gasteiger charge is -2.14. The number of aromatic hydroxyl groups is 1. The number of benzene rings is 1. The van der Waals surface area contributed by atoms with Crippen molar-refractivity contribution in [3.8, 4) is 11.5 Å². The molecule has 0 spiro atoms. The maximum absolute atomic E-state index is 11.7. The van der Waals surface area contributed by atoms with E-state index in [1.165, 1.54) is 7.11 Å². The fourth-order valence-corrected chi connectivity index (χ4v) is 2.40. The number of allylic oxidation sites excluding steroid dienone is 2. The smallest absolute Gasteiger partial charge is 0.340 e. The van der Waals surface area contributed by atoms with E-state index in [1.807, 2.05) is 26.0 Å². The van der Waals surface area contributed by atoms with Gasteiger partial charge in [0, 0.05) is 11.8 Å². The first-order valence-electron chi connectivity index (χ1n) is 7.82. The van der Waals surface area contributed by atoms with Crippen LogP contribution in [0.1, 0.15) is 41.0 Å². The van der Waals surface area contributed by atoms with Crippen molar-refractivity contribution < 1.29 is 19.7 Å². The van der Waals surface area contributed by atoms with Crippen molar-refractivity contribution in [2.24, 2.45) is 0 Å². The molecule has 2 aromatic rings. The van der Waals surface area contributed by atoms with Crippen LogP contribution < -0.4 is 4.74 Å². The Bertz CT molecular complexity index is 819. The summed E-state index contributed by atoms with van der Waals surface area (Å²) in [5, 5.41) is 20.1. The van der Waals surface area contributed by atoms with Crippen LogP contribution in [0.5, 0.6) is 11.5 Å². The van der Waals surface area contributed by atoms with Crippen LogP contribution in [0.2, 0.25) is 0 Å². The van der Waals surface area contributed by atoms with E-state index in [9.17, 15) is 15.0 Å². The third kappa shape index (κ3) is 4.47. The van der Waals surface area contributed by atoms with E-state index < -0.39 is 5.97 Å². The van der Waals surface area contributed by atoms with Crippen LogP contribution in [0.3, 0.4) is 0 Å². The average Bonchev–Trinajstić information content (AvgIpc) is 2.58. The summed E-state index contributed by atoms with van der Waals surface area (Å²) in [7, 11) is 1.49. The number of carboxylic acid groups (broad SMARTS) is 1. The molecule has 0 radical (unpaired) electrons. The topological polar surface area (TPSA) is 79.7 Å². The standard InChI is InChI=1S/C20H21NO4/c1-13(2)7-10-16-17(25-3)12-14(18(19(16)22)20(23)24)8-9-15-6-4-5-11-21-15/h4-9,11-12,22H,10H2,1-3H3,(H,23,24).